The molecule has 0 saturated heterocycles. The van der Waals surface area contributed by atoms with Gasteiger partial charge in [-0.15, -0.1) is 0 Å². The molecule has 1 saturated carbocycles. The number of carbonyl (C=O) groups excluding carboxylic acids is 2. The Kier molecular flexibility index (Phi) is 6.31. The van der Waals surface area contributed by atoms with Crippen molar-refractivity contribution in [2.24, 2.45) is 5.92 Å². The lowest BCUT2D eigenvalue weighted by Gasteiger charge is -2.11. The van der Waals surface area contributed by atoms with Crippen LogP contribution in [0.2, 0.25) is 0 Å². The molecule has 0 spiro atoms. The van der Waals surface area contributed by atoms with Crippen LogP contribution in [-0.4, -0.2) is 47.5 Å². The summed E-state index contributed by atoms with van der Waals surface area (Å²) in [6.07, 6.45) is 2.58. The number of ether oxygens (including phenoxy) is 1. The van der Waals surface area contributed by atoms with Gasteiger partial charge in [0.05, 0.1) is 19.0 Å². The van der Waals surface area contributed by atoms with E-state index >= 15 is 0 Å². The van der Waals surface area contributed by atoms with Gasteiger partial charge in [-0.1, -0.05) is 0 Å². The summed E-state index contributed by atoms with van der Waals surface area (Å²) < 4.78 is 4.83. The van der Waals surface area contributed by atoms with Crippen molar-refractivity contribution in [1.29, 1.82) is 0 Å². The van der Waals surface area contributed by atoms with E-state index in [0.717, 1.165) is 6.08 Å². The normalized spacial score (nSPS) is 26.4. The van der Waals surface area contributed by atoms with Crippen LogP contribution in [0.15, 0.2) is 12.3 Å². The molecule has 0 heterocycles. The van der Waals surface area contributed by atoms with Crippen molar-refractivity contribution in [3.8, 4) is 0 Å². The van der Waals surface area contributed by atoms with Crippen LogP contribution in [-0.2, 0) is 9.53 Å². The number of aliphatic hydroxyl groups excluding tert-OH is 2. The lowest BCUT2D eigenvalue weighted by molar-refractivity contribution is -0.115. The van der Waals surface area contributed by atoms with Gasteiger partial charge in [-0.2, -0.15) is 0 Å². The summed E-state index contributed by atoms with van der Waals surface area (Å²) in [7, 11) is 0. The third-order valence-electron chi connectivity index (χ3n) is 2.95. The molecule has 0 unspecified atom stereocenters. The van der Waals surface area contributed by atoms with E-state index < -0.39 is 18.0 Å². The van der Waals surface area contributed by atoms with E-state index in [1.165, 1.54) is 6.26 Å². The topological polar surface area (TPSA) is 108 Å². The Bertz CT molecular complexity index is 345. The number of carbonyl (C=O) groups is 2. The van der Waals surface area contributed by atoms with Crippen molar-refractivity contribution >= 4 is 11.9 Å². The predicted molar refractivity (Wildman–Crippen MR) is 67.0 cm³/mol. The number of hydrogen-bond donors (Lipinski definition) is 4. The Hall–Kier alpha value is -1.60. The summed E-state index contributed by atoms with van der Waals surface area (Å²) in [5.41, 5.74) is 0. The number of aliphatic hydroxyl groups is 2. The van der Waals surface area contributed by atoms with Gasteiger partial charge in [-0.3, -0.25) is 10.1 Å². The van der Waals surface area contributed by atoms with Gasteiger partial charge in [0.25, 0.3) is 5.91 Å². The zero-order chi connectivity index (χ0) is 14.3. The molecule has 108 valence electrons. The molecular formula is C12H20N2O5. The highest BCUT2D eigenvalue weighted by molar-refractivity contribution is 6.00. The minimum absolute atomic E-state index is 0.114. The van der Waals surface area contributed by atoms with Crippen LogP contribution < -0.4 is 10.6 Å². The molecule has 0 aromatic rings. The summed E-state index contributed by atoms with van der Waals surface area (Å²) in [6, 6.07) is -0.863. The van der Waals surface area contributed by atoms with Crippen LogP contribution >= 0.6 is 0 Å². The van der Waals surface area contributed by atoms with Gasteiger partial charge in [-0.05, 0) is 19.8 Å². The first-order chi connectivity index (χ1) is 9.06. The molecule has 1 aliphatic rings. The molecule has 7 heteroatoms. The summed E-state index contributed by atoms with van der Waals surface area (Å²) in [5, 5.41) is 23.3. The van der Waals surface area contributed by atoms with Gasteiger partial charge >= 0.3 is 6.03 Å². The number of amides is 3. The van der Waals surface area contributed by atoms with E-state index in [-0.39, 0.29) is 18.6 Å². The summed E-state index contributed by atoms with van der Waals surface area (Å²) in [4.78, 5) is 22.7. The van der Waals surface area contributed by atoms with Crippen molar-refractivity contribution in [1.82, 2.24) is 10.6 Å². The van der Waals surface area contributed by atoms with Crippen LogP contribution in [0.4, 0.5) is 4.79 Å². The molecule has 7 nitrogen and oxygen atoms in total. The quantitative estimate of drug-likeness (QED) is 0.398. The molecule has 1 rings (SSSR count). The maximum atomic E-state index is 11.5. The van der Waals surface area contributed by atoms with Gasteiger partial charge in [0.15, 0.2) is 0 Å². The van der Waals surface area contributed by atoms with Gasteiger partial charge in [0.1, 0.15) is 0 Å². The Labute approximate surface area is 111 Å². The molecule has 3 atom stereocenters. The van der Waals surface area contributed by atoms with Crippen LogP contribution in [0.25, 0.3) is 0 Å². The van der Waals surface area contributed by atoms with E-state index in [9.17, 15) is 14.7 Å². The van der Waals surface area contributed by atoms with Crippen molar-refractivity contribution < 1.29 is 24.5 Å². The first-order valence-corrected chi connectivity index (χ1v) is 6.25. The zero-order valence-corrected chi connectivity index (χ0v) is 10.8. The van der Waals surface area contributed by atoms with Gasteiger partial charge in [0, 0.05) is 24.6 Å². The molecule has 0 bridgehead atoms. The third-order valence-corrected chi connectivity index (χ3v) is 2.95. The van der Waals surface area contributed by atoms with E-state index in [2.05, 4.69) is 10.6 Å². The molecule has 0 aromatic carbocycles. The van der Waals surface area contributed by atoms with E-state index in [4.69, 9.17) is 9.84 Å². The van der Waals surface area contributed by atoms with Crippen molar-refractivity contribution in [3.63, 3.8) is 0 Å². The lowest BCUT2D eigenvalue weighted by atomic mass is 10.1. The average Bonchev–Trinajstić information content (AvgIpc) is 2.69. The molecule has 19 heavy (non-hydrogen) atoms. The Morgan fingerprint density at radius 2 is 2.16 bits per heavy atom. The summed E-state index contributed by atoms with van der Waals surface area (Å²) >= 11 is 0. The van der Waals surface area contributed by atoms with Crippen LogP contribution in [0, 0.1) is 5.92 Å². The fraction of sp³-hybridized carbons (Fsp3) is 0.667. The van der Waals surface area contributed by atoms with Gasteiger partial charge < -0.3 is 20.3 Å². The second-order valence-corrected chi connectivity index (χ2v) is 4.40. The predicted octanol–water partition coefficient (Wildman–Crippen LogP) is -0.506. The second-order valence-electron chi connectivity index (χ2n) is 4.40. The molecule has 0 radical (unpaired) electrons. The van der Waals surface area contributed by atoms with E-state index in [1.54, 1.807) is 6.92 Å². The Morgan fingerprint density at radius 3 is 2.74 bits per heavy atom. The maximum Gasteiger partial charge on any atom is 0.321 e. The van der Waals surface area contributed by atoms with Crippen LogP contribution in [0.5, 0.6) is 0 Å². The number of imide groups is 1. The first kappa shape index (κ1) is 15.5. The summed E-state index contributed by atoms with van der Waals surface area (Å²) in [6.45, 7) is 2.10. The minimum Gasteiger partial charge on any atom is -0.501 e. The number of rotatable bonds is 5. The van der Waals surface area contributed by atoms with E-state index in [0.29, 0.717) is 19.4 Å². The Balaban J connectivity index is 2.30. The molecular weight excluding hydrogens is 252 g/mol. The SMILES string of the molecule is CCOC=CC(=O)NC(=O)N[C@H]1C[C@@H](CO)[C@H](O)C1. The minimum atomic E-state index is -0.623. The second kappa shape index (κ2) is 7.75. The van der Waals surface area contributed by atoms with Crippen molar-refractivity contribution in [2.45, 2.75) is 31.9 Å². The number of nitrogens with one attached hydrogen (secondary N) is 2. The summed E-state index contributed by atoms with van der Waals surface area (Å²) in [5.74, 6) is -0.804. The maximum absolute atomic E-state index is 11.5. The largest absolute Gasteiger partial charge is 0.501 e. The molecule has 1 fully saturated rings. The zero-order valence-electron chi connectivity index (χ0n) is 10.8. The molecule has 0 aliphatic heterocycles. The third kappa shape index (κ3) is 5.27. The van der Waals surface area contributed by atoms with E-state index in [1.807, 2.05) is 0 Å². The fourth-order valence-corrected chi connectivity index (χ4v) is 2.00. The smallest absolute Gasteiger partial charge is 0.321 e. The van der Waals surface area contributed by atoms with Crippen LogP contribution in [0.3, 0.4) is 0 Å². The van der Waals surface area contributed by atoms with Gasteiger partial charge in [-0.25, -0.2) is 4.79 Å². The van der Waals surface area contributed by atoms with Crippen molar-refractivity contribution in [2.75, 3.05) is 13.2 Å². The van der Waals surface area contributed by atoms with Gasteiger partial charge in [0.2, 0.25) is 0 Å². The number of urea groups is 1. The highest BCUT2D eigenvalue weighted by Crippen LogP contribution is 2.25. The molecule has 1 aliphatic carbocycles. The molecule has 4 N–H and O–H groups in total. The molecule has 0 aromatic heterocycles. The van der Waals surface area contributed by atoms with Crippen molar-refractivity contribution in [3.05, 3.63) is 12.3 Å². The molecule has 3 amide bonds. The van der Waals surface area contributed by atoms with Crippen LogP contribution in [0.1, 0.15) is 19.8 Å². The highest BCUT2D eigenvalue weighted by atomic mass is 16.5. The first-order valence-electron chi connectivity index (χ1n) is 6.25. The fourth-order valence-electron chi connectivity index (χ4n) is 2.00. The Morgan fingerprint density at radius 1 is 1.42 bits per heavy atom. The highest BCUT2D eigenvalue weighted by Gasteiger charge is 2.33. The number of hydrogen-bond acceptors (Lipinski definition) is 5. The average molecular weight is 272 g/mol. The lowest BCUT2D eigenvalue weighted by Crippen LogP contribution is -2.43. The standard InChI is InChI=1S/C12H20N2O5/c1-2-19-4-3-11(17)14-12(18)13-9-5-8(7-15)10(16)6-9/h3-4,8-10,15-16H,2,5-7H2,1H3,(H2,13,14,17,18)/t8-,9-,10+/m0/s1. The monoisotopic (exact) mass is 272 g/mol.